The van der Waals surface area contributed by atoms with Crippen molar-refractivity contribution in [3.63, 3.8) is 0 Å². The van der Waals surface area contributed by atoms with Crippen LogP contribution in [-0.4, -0.2) is 12.1 Å². The Morgan fingerprint density at radius 3 is 2.29 bits per heavy atom. The van der Waals surface area contributed by atoms with E-state index in [1.807, 2.05) is 13.8 Å². The molecule has 0 spiro atoms. The van der Waals surface area contributed by atoms with E-state index in [1.54, 1.807) is 18.2 Å². The van der Waals surface area contributed by atoms with Crippen LogP contribution in [0.15, 0.2) is 30.3 Å². The first-order valence-electron chi connectivity index (χ1n) is 6.10. The third-order valence-electron chi connectivity index (χ3n) is 3.56. The van der Waals surface area contributed by atoms with Crippen LogP contribution in [0.2, 0.25) is 0 Å². The maximum absolute atomic E-state index is 13.9. The monoisotopic (exact) mass is 239 g/mol. The van der Waals surface area contributed by atoms with Crippen LogP contribution in [0, 0.1) is 5.92 Å². The van der Waals surface area contributed by atoms with Gasteiger partial charge in [-0.25, -0.2) is 0 Å². The molecule has 0 amide bonds. The van der Waals surface area contributed by atoms with Gasteiger partial charge in [0.05, 0.1) is 6.54 Å². The van der Waals surface area contributed by atoms with Crippen LogP contribution in [0.25, 0.3) is 0 Å². The zero-order valence-electron chi connectivity index (χ0n) is 10.3. The molecule has 1 aliphatic carbocycles. The van der Waals surface area contributed by atoms with E-state index in [0.29, 0.717) is 5.92 Å². The molecule has 94 valence electrons. The van der Waals surface area contributed by atoms with Gasteiger partial charge in [-0.1, -0.05) is 30.3 Å². The van der Waals surface area contributed by atoms with Crippen molar-refractivity contribution in [3.8, 4) is 0 Å². The van der Waals surface area contributed by atoms with Crippen molar-refractivity contribution in [1.29, 1.82) is 0 Å². The molecule has 1 fully saturated rings. The van der Waals surface area contributed by atoms with Gasteiger partial charge in [-0.2, -0.15) is 8.78 Å². The third-order valence-corrected chi connectivity index (χ3v) is 3.56. The second kappa shape index (κ2) is 4.37. The average Bonchev–Trinajstić information content (AvgIpc) is 3.12. The first-order valence-corrected chi connectivity index (χ1v) is 6.10. The number of hydrogen-bond acceptors (Lipinski definition) is 1. The fraction of sp³-hybridized carbons (Fsp3) is 0.571. The van der Waals surface area contributed by atoms with Crippen molar-refractivity contribution >= 4 is 0 Å². The Morgan fingerprint density at radius 1 is 1.18 bits per heavy atom. The molecule has 1 nitrogen and oxygen atoms in total. The van der Waals surface area contributed by atoms with Crippen molar-refractivity contribution in [2.45, 2.75) is 38.2 Å². The van der Waals surface area contributed by atoms with E-state index in [2.05, 4.69) is 5.32 Å². The minimum atomic E-state index is -2.80. The maximum atomic E-state index is 13.9. The lowest BCUT2D eigenvalue weighted by Gasteiger charge is -2.29. The van der Waals surface area contributed by atoms with Crippen molar-refractivity contribution in [3.05, 3.63) is 35.9 Å². The Hall–Kier alpha value is -0.960. The maximum Gasteiger partial charge on any atom is 0.285 e. The predicted octanol–water partition coefficient (Wildman–Crippen LogP) is 3.56. The molecule has 1 aromatic carbocycles. The van der Waals surface area contributed by atoms with E-state index in [9.17, 15) is 8.78 Å². The standard InChI is InChI=1S/C14H19F2N/c1-13(2,11-8-9-11)17-10-14(15,16)12-6-4-3-5-7-12/h3-7,11,17H,8-10H2,1-2H3. The van der Waals surface area contributed by atoms with Crippen LogP contribution in [0.3, 0.4) is 0 Å². The summed E-state index contributed by atoms with van der Waals surface area (Å²) < 4.78 is 27.8. The Labute approximate surface area is 101 Å². The molecular weight excluding hydrogens is 220 g/mol. The number of benzene rings is 1. The van der Waals surface area contributed by atoms with Gasteiger partial charge in [0.2, 0.25) is 0 Å². The fourth-order valence-corrected chi connectivity index (χ4v) is 2.07. The second-order valence-electron chi connectivity index (χ2n) is 5.42. The number of halogens is 2. The van der Waals surface area contributed by atoms with Gasteiger partial charge in [-0.15, -0.1) is 0 Å². The van der Waals surface area contributed by atoms with Gasteiger partial charge in [0.15, 0.2) is 0 Å². The Morgan fingerprint density at radius 2 is 1.76 bits per heavy atom. The number of alkyl halides is 2. The van der Waals surface area contributed by atoms with E-state index in [1.165, 1.54) is 12.1 Å². The number of nitrogens with one attached hydrogen (secondary N) is 1. The quantitative estimate of drug-likeness (QED) is 0.828. The Balaban J connectivity index is 1.98. The lowest BCUT2D eigenvalue weighted by atomic mass is 9.98. The molecule has 17 heavy (non-hydrogen) atoms. The molecule has 3 heteroatoms. The van der Waals surface area contributed by atoms with Crippen molar-refractivity contribution in [2.75, 3.05) is 6.54 Å². The fourth-order valence-electron chi connectivity index (χ4n) is 2.07. The van der Waals surface area contributed by atoms with Crippen molar-refractivity contribution in [1.82, 2.24) is 5.32 Å². The molecule has 2 rings (SSSR count). The van der Waals surface area contributed by atoms with Gasteiger partial charge >= 0.3 is 0 Å². The van der Waals surface area contributed by atoms with E-state index < -0.39 is 5.92 Å². The van der Waals surface area contributed by atoms with Crippen LogP contribution >= 0.6 is 0 Å². The SMILES string of the molecule is CC(C)(NCC(F)(F)c1ccccc1)C1CC1. The summed E-state index contributed by atoms with van der Waals surface area (Å²) in [5, 5.41) is 3.01. The lowest BCUT2D eigenvalue weighted by molar-refractivity contribution is -0.0106. The molecule has 0 heterocycles. The summed E-state index contributed by atoms with van der Waals surface area (Å²) in [6.07, 6.45) is 2.30. The number of rotatable bonds is 5. The summed E-state index contributed by atoms with van der Waals surface area (Å²) in [6.45, 7) is 3.72. The molecule has 0 aromatic heterocycles. The lowest BCUT2D eigenvalue weighted by Crippen LogP contribution is -2.46. The molecule has 0 saturated heterocycles. The third kappa shape index (κ3) is 3.03. The van der Waals surface area contributed by atoms with Crippen molar-refractivity contribution in [2.24, 2.45) is 5.92 Å². The second-order valence-corrected chi connectivity index (χ2v) is 5.42. The molecule has 0 bridgehead atoms. The van der Waals surface area contributed by atoms with Gasteiger partial charge in [-0.3, -0.25) is 0 Å². The summed E-state index contributed by atoms with van der Waals surface area (Å²) in [5.41, 5.74) is -0.0998. The van der Waals surface area contributed by atoms with Crippen LogP contribution in [0.4, 0.5) is 8.78 Å². The van der Waals surface area contributed by atoms with Gasteiger partial charge in [0.25, 0.3) is 5.92 Å². The van der Waals surface area contributed by atoms with Gasteiger partial charge in [-0.05, 0) is 32.6 Å². The summed E-state index contributed by atoms with van der Waals surface area (Å²) in [5.74, 6) is -2.25. The van der Waals surface area contributed by atoms with Crippen LogP contribution < -0.4 is 5.32 Å². The van der Waals surface area contributed by atoms with E-state index in [0.717, 1.165) is 12.8 Å². The molecule has 1 N–H and O–H groups in total. The van der Waals surface area contributed by atoms with E-state index in [-0.39, 0.29) is 17.6 Å². The molecule has 1 aromatic rings. The molecule has 0 unspecified atom stereocenters. The predicted molar refractivity (Wildman–Crippen MR) is 65.1 cm³/mol. The Kier molecular flexibility index (Phi) is 3.21. The first kappa shape index (κ1) is 12.5. The van der Waals surface area contributed by atoms with E-state index in [4.69, 9.17) is 0 Å². The first-order chi connectivity index (χ1) is 7.92. The highest BCUT2D eigenvalue weighted by Crippen LogP contribution is 2.39. The minimum Gasteiger partial charge on any atom is -0.306 e. The van der Waals surface area contributed by atoms with Crippen LogP contribution in [-0.2, 0) is 5.92 Å². The normalized spacial score (nSPS) is 17.2. The Bertz CT molecular complexity index is 369. The van der Waals surface area contributed by atoms with E-state index >= 15 is 0 Å². The van der Waals surface area contributed by atoms with Crippen LogP contribution in [0.5, 0.6) is 0 Å². The number of hydrogen-bond donors (Lipinski definition) is 1. The highest BCUT2D eigenvalue weighted by molar-refractivity contribution is 5.20. The molecule has 0 aliphatic heterocycles. The summed E-state index contributed by atoms with van der Waals surface area (Å²) in [7, 11) is 0. The highest BCUT2D eigenvalue weighted by atomic mass is 19.3. The van der Waals surface area contributed by atoms with Crippen LogP contribution in [0.1, 0.15) is 32.3 Å². The highest BCUT2D eigenvalue weighted by Gasteiger charge is 2.40. The molecule has 0 radical (unpaired) electrons. The average molecular weight is 239 g/mol. The zero-order valence-corrected chi connectivity index (χ0v) is 10.3. The van der Waals surface area contributed by atoms with Gasteiger partial charge in [0, 0.05) is 11.1 Å². The topological polar surface area (TPSA) is 12.0 Å². The summed E-state index contributed by atoms with van der Waals surface area (Å²) in [6, 6.07) is 8.00. The van der Waals surface area contributed by atoms with Gasteiger partial charge < -0.3 is 5.32 Å². The smallest absolute Gasteiger partial charge is 0.285 e. The molecular formula is C14H19F2N. The summed E-state index contributed by atoms with van der Waals surface area (Å²) >= 11 is 0. The summed E-state index contributed by atoms with van der Waals surface area (Å²) in [4.78, 5) is 0. The van der Waals surface area contributed by atoms with Crippen molar-refractivity contribution < 1.29 is 8.78 Å². The molecule has 1 saturated carbocycles. The largest absolute Gasteiger partial charge is 0.306 e. The zero-order chi connectivity index (χ0) is 12.5. The molecule has 1 aliphatic rings. The minimum absolute atomic E-state index is 0.0825. The van der Waals surface area contributed by atoms with Gasteiger partial charge in [0.1, 0.15) is 0 Å². The molecule has 0 atom stereocenters.